The van der Waals surface area contributed by atoms with Gasteiger partial charge in [-0.2, -0.15) is 0 Å². The molecule has 170 valence electrons. The van der Waals surface area contributed by atoms with Crippen molar-refractivity contribution in [2.45, 2.75) is 96.5 Å². The molecule has 7 atom stereocenters. The van der Waals surface area contributed by atoms with Crippen LogP contribution in [0.4, 0.5) is 0 Å². The molecular formula is C26H43NO3. The highest BCUT2D eigenvalue weighted by molar-refractivity contribution is 5.38. The Morgan fingerprint density at radius 1 is 1.17 bits per heavy atom. The van der Waals surface area contributed by atoms with Crippen LogP contribution in [0.25, 0.3) is 0 Å². The van der Waals surface area contributed by atoms with E-state index in [0.717, 1.165) is 35.9 Å². The van der Waals surface area contributed by atoms with Gasteiger partial charge in [-0.25, -0.2) is 0 Å². The molecule has 4 nitrogen and oxygen atoms in total. The van der Waals surface area contributed by atoms with Crippen molar-refractivity contribution in [3.63, 3.8) is 0 Å². The first-order chi connectivity index (χ1) is 14.1. The largest absolute Gasteiger partial charge is 0.393 e. The molecule has 3 saturated carbocycles. The molecule has 0 aliphatic heterocycles. The van der Waals surface area contributed by atoms with Gasteiger partial charge in [-0.05, 0) is 101 Å². The summed E-state index contributed by atoms with van der Waals surface area (Å²) in [4.78, 5) is 0. The molecule has 3 aliphatic carbocycles. The average Bonchev–Trinajstić information content (AvgIpc) is 3.11. The summed E-state index contributed by atoms with van der Waals surface area (Å²) in [6, 6.07) is 0.0832. The van der Waals surface area contributed by atoms with Crippen LogP contribution in [0.3, 0.4) is 0 Å². The molecule has 4 heteroatoms. The van der Waals surface area contributed by atoms with E-state index < -0.39 is 17.8 Å². The quantitative estimate of drug-likeness (QED) is 0.524. The summed E-state index contributed by atoms with van der Waals surface area (Å²) in [5.74, 6) is 2.76. The second kappa shape index (κ2) is 9.68. The predicted molar refractivity (Wildman–Crippen MR) is 123 cm³/mol. The number of nitrogens with one attached hydrogen (secondary N) is 1. The zero-order valence-corrected chi connectivity index (χ0v) is 19.4. The topological polar surface area (TPSA) is 72.7 Å². The van der Waals surface area contributed by atoms with Gasteiger partial charge in [-0.15, -0.1) is 0 Å². The van der Waals surface area contributed by atoms with E-state index in [4.69, 9.17) is 0 Å². The van der Waals surface area contributed by atoms with E-state index in [-0.39, 0.29) is 6.04 Å². The van der Waals surface area contributed by atoms with Crippen molar-refractivity contribution >= 4 is 0 Å². The third kappa shape index (κ3) is 5.45. The summed E-state index contributed by atoms with van der Waals surface area (Å²) in [5.41, 5.74) is 2.63. The lowest BCUT2D eigenvalue weighted by atomic mass is 9.72. The first-order valence-electron chi connectivity index (χ1n) is 12.0. The highest BCUT2D eigenvalue weighted by atomic mass is 16.3. The van der Waals surface area contributed by atoms with Crippen LogP contribution in [0.15, 0.2) is 35.5 Å². The van der Waals surface area contributed by atoms with Crippen LogP contribution >= 0.6 is 0 Å². The van der Waals surface area contributed by atoms with E-state index in [1.807, 2.05) is 13.8 Å². The molecule has 0 saturated heterocycles. The van der Waals surface area contributed by atoms with Gasteiger partial charge in [0.1, 0.15) is 0 Å². The van der Waals surface area contributed by atoms with Crippen molar-refractivity contribution in [2.24, 2.45) is 23.7 Å². The molecule has 0 heterocycles. The lowest BCUT2D eigenvalue weighted by molar-refractivity contribution is 0.0413. The molecule has 0 bridgehead atoms. The third-order valence-electron chi connectivity index (χ3n) is 8.16. The Balaban J connectivity index is 1.64. The Hall–Kier alpha value is -0.940. The number of aliphatic hydroxyl groups is 3. The molecule has 4 N–H and O–H groups in total. The SMILES string of the molecule is C=C1/C(=C\C=C2/CCC[C@H]3C2CC[C@@H]3[C@H](C)CN[C@H](C)C(C)(C)O)C[C@@H](O)C[C@@H]1O. The van der Waals surface area contributed by atoms with Crippen molar-refractivity contribution in [1.29, 1.82) is 0 Å². The number of rotatable bonds is 6. The number of allylic oxidation sites excluding steroid dienone is 3. The Morgan fingerprint density at radius 2 is 1.90 bits per heavy atom. The van der Waals surface area contributed by atoms with Crippen molar-refractivity contribution < 1.29 is 15.3 Å². The highest BCUT2D eigenvalue weighted by Gasteiger charge is 2.41. The summed E-state index contributed by atoms with van der Waals surface area (Å²) in [7, 11) is 0. The van der Waals surface area contributed by atoms with E-state index in [9.17, 15) is 15.3 Å². The summed E-state index contributed by atoms with van der Waals surface area (Å²) in [6.45, 7) is 13.2. The van der Waals surface area contributed by atoms with Crippen LogP contribution in [0.5, 0.6) is 0 Å². The molecule has 0 amide bonds. The normalized spacial score (nSPS) is 37.4. The van der Waals surface area contributed by atoms with Crippen molar-refractivity contribution in [3.8, 4) is 0 Å². The first-order valence-corrected chi connectivity index (χ1v) is 12.0. The van der Waals surface area contributed by atoms with Crippen LogP contribution in [-0.2, 0) is 0 Å². The van der Waals surface area contributed by atoms with Gasteiger partial charge >= 0.3 is 0 Å². The number of fused-ring (bicyclic) bond motifs is 1. The molecule has 0 aromatic rings. The molecular weight excluding hydrogens is 374 g/mol. The van der Waals surface area contributed by atoms with Gasteiger partial charge < -0.3 is 20.6 Å². The van der Waals surface area contributed by atoms with Gasteiger partial charge in [0.15, 0.2) is 0 Å². The molecule has 0 aromatic heterocycles. The Labute approximate surface area is 183 Å². The average molecular weight is 418 g/mol. The van der Waals surface area contributed by atoms with Gasteiger partial charge in [-0.1, -0.05) is 31.2 Å². The fourth-order valence-corrected chi connectivity index (χ4v) is 5.84. The summed E-state index contributed by atoms with van der Waals surface area (Å²) >= 11 is 0. The Kier molecular flexibility index (Phi) is 7.66. The molecule has 0 spiro atoms. The van der Waals surface area contributed by atoms with Gasteiger partial charge in [0.25, 0.3) is 0 Å². The minimum absolute atomic E-state index is 0.0832. The summed E-state index contributed by atoms with van der Waals surface area (Å²) in [6.07, 6.45) is 10.6. The lowest BCUT2D eigenvalue weighted by Crippen LogP contribution is -2.46. The highest BCUT2D eigenvalue weighted by Crippen LogP contribution is 2.50. The molecule has 0 radical (unpaired) electrons. The number of aliphatic hydroxyl groups excluding tert-OH is 2. The van der Waals surface area contributed by atoms with Crippen LogP contribution in [0.1, 0.15) is 72.6 Å². The standard InChI is InChI=1S/C26H43NO3/c1-16(15-27-18(3)26(4,5)30)22-11-12-23-19(7-6-8-24(22)23)9-10-20-13-21(28)14-25(29)17(20)2/h9-10,16,18,21-25,27-30H,2,6-8,11-15H2,1,3-5H3/b19-9+,20-10-/t16-,18-,21-,22-,23?,24-,25+/m1/s1. The zero-order valence-electron chi connectivity index (χ0n) is 19.4. The smallest absolute Gasteiger partial charge is 0.0811 e. The third-order valence-corrected chi connectivity index (χ3v) is 8.16. The molecule has 3 rings (SSSR count). The van der Waals surface area contributed by atoms with E-state index >= 15 is 0 Å². The fourth-order valence-electron chi connectivity index (χ4n) is 5.84. The number of hydrogen-bond acceptors (Lipinski definition) is 4. The predicted octanol–water partition coefficient (Wildman–Crippen LogP) is 4.12. The van der Waals surface area contributed by atoms with Gasteiger partial charge in [0.2, 0.25) is 0 Å². The Bertz CT molecular complexity index is 674. The molecule has 3 aliphatic rings. The molecule has 1 unspecified atom stereocenters. The molecule has 3 fully saturated rings. The van der Waals surface area contributed by atoms with Crippen LogP contribution in [0.2, 0.25) is 0 Å². The van der Waals surface area contributed by atoms with E-state index in [1.54, 1.807) is 5.57 Å². The van der Waals surface area contributed by atoms with Crippen LogP contribution < -0.4 is 5.32 Å². The second-order valence-corrected chi connectivity index (χ2v) is 10.7. The fraction of sp³-hybridized carbons (Fsp3) is 0.769. The first kappa shape index (κ1) is 23.7. The lowest BCUT2D eigenvalue weighted by Gasteiger charge is -2.35. The minimum Gasteiger partial charge on any atom is -0.393 e. The van der Waals surface area contributed by atoms with Crippen molar-refractivity contribution in [3.05, 3.63) is 35.5 Å². The molecule has 30 heavy (non-hydrogen) atoms. The van der Waals surface area contributed by atoms with Gasteiger partial charge in [-0.3, -0.25) is 0 Å². The zero-order chi connectivity index (χ0) is 22.1. The maximum atomic E-state index is 10.2. The minimum atomic E-state index is -0.698. The van der Waals surface area contributed by atoms with E-state index in [2.05, 4.69) is 37.9 Å². The number of hydrogen-bond donors (Lipinski definition) is 4. The van der Waals surface area contributed by atoms with Crippen molar-refractivity contribution in [1.82, 2.24) is 5.32 Å². The van der Waals surface area contributed by atoms with E-state index in [1.165, 1.54) is 25.7 Å². The van der Waals surface area contributed by atoms with Crippen LogP contribution in [0, 0.1) is 23.7 Å². The summed E-state index contributed by atoms with van der Waals surface area (Å²) in [5, 5.41) is 33.9. The van der Waals surface area contributed by atoms with Crippen molar-refractivity contribution in [2.75, 3.05) is 6.54 Å². The second-order valence-electron chi connectivity index (χ2n) is 10.7. The molecule has 0 aromatic carbocycles. The monoisotopic (exact) mass is 417 g/mol. The summed E-state index contributed by atoms with van der Waals surface area (Å²) < 4.78 is 0. The van der Waals surface area contributed by atoms with E-state index in [0.29, 0.717) is 24.7 Å². The maximum Gasteiger partial charge on any atom is 0.0811 e. The Morgan fingerprint density at radius 3 is 2.60 bits per heavy atom. The van der Waals surface area contributed by atoms with Gasteiger partial charge in [0.05, 0.1) is 17.8 Å². The maximum absolute atomic E-state index is 10.2. The van der Waals surface area contributed by atoms with Gasteiger partial charge in [0, 0.05) is 12.5 Å². The van der Waals surface area contributed by atoms with Crippen LogP contribution in [-0.4, -0.2) is 45.7 Å².